The van der Waals surface area contributed by atoms with Crippen molar-refractivity contribution in [1.82, 2.24) is 0 Å². The van der Waals surface area contributed by atoms with Gasteiger partial charge in [0, 0.05) is 11.3 Å². The van der Waals surface area contributed by atoms with Crippen LogP contribution in [0.5, 0.6) is 0 Å². The van der Waals surface area contributed by atoms with E-state index in [1.807, 2.05) is 23.6 Å². The molecule has 0 saturated carbocycles. The van der Waals surface area contributed by atoms with Gasteiger partial charge in [0.15, 0.2) is 5.78 Å². The van der Waals surface area contributed by atoms with Crippen molar-refractivity contribution in [2.75, 3.05) is 11.4 Å². The Labute approximate surface area is 143 Å². The van der Waals surface area contributed by atoms with Crippen molar-refractivity contribution < 1.29 is 14.0 Å². The zero-order chi connectivity index (χ0) is 16.9. The second-order valence-corrected chi connectivity index (χ2v) is 6.08. The molecule has 5 heteroatoms. The lowest BCUT2D eigenvalue weighted by Crippen LogP contribution is -2.35. The number of amides is 1. The largest absolute Gasteiger partial charge is 0.300 e. The van der Waals surface area contributed by atoms with Crippen molar-refractivity contribution in [2.24, 2.45) is 0 Å². The van der Waals surface area contributed by atoms with Crippen LogP contribution in [-0.4, -0.2) is 18.2 Å². The van der Waals surface area contributed by atoms with Crippen LogP contribution in [0.25, 0.3) is 0 Å². The van der Waals surface area contributed by atoms with E-state index in [1.165, 1.54) is 40.5 Å². The maximum absolute atomic E-state index is 13.0. The Bertz CT molecular complexity index is 830. The Morgan fingerprint density at radius 3 is 2.25 bits per heavy atom. The summed E-state index contributed by atoms with van der Waals surface area (Å²) in [5.74, 6) is -0.878. The topological polar surface area (TPSA) is 37.4 Å². The minimum Gasteiger partial charge on any atom is -0.300 e. The molecular weight excluding hydrogens is 325 g/mol. The van der Waals surface area contributed by atoms with E-state index in [-0.39, 0.29) is 18.2 Å². The molecule has 0 fully saturated rings. The number of ketones is 1. The predicted molar refractivity (Wildman–Crippen MR) is 93.2 cm³/mol. The molecule has 0 unspecified atom stereocenters. The Balaban J connectivity index is 1.89. The van der Waals surface area contributed by atoms with Crippen molar-refractivity contribution in [3.05, 3.63) is 88.4 Å². The molecule has 0 saturated heterocycles. The first-order valence-corrected chi connectivity index (χ1v) is 8.22. The Kier molecular flexibility index (Phi) is 4.82. The first-order valence-electron chi connectivity index (χ1n) is 7.34. The van der Waals surface area contributed by atoms with Gasteiger partial charge in [-0.05, 0) is 47.8 Å². The lowest BCUT2D eigenvalue weighted by molar-refractivity contribution is 0.0939. The minimum absolute atomic E-state index is 0.105. The van der Waals surface area contributed by atoms with Gasteiger partial charge in [-0.15, -0.1) is 11.3 Å². The third kappa shape index (κ3) is 3.58. The van der Waals surface area contributed by atoms with E-state index in [2.05, 4.69) is 0 Å². The van der Waals surface area contributed by atoms with Crippen LogP contribution in [0.3, 0.4) is 0 Å². The molecule has 1 amide bonds. The standard InChI is InChI=1S/C19H14FNO2S/c20-15-10-8-14(9-11-15)17(22)13-21(16-5-2-1-3-6-16)19(23)18-7-4-12-24-18/h1-12H,13H2. The number of rotatable bonds is 5. The fraction of sp³-hybridized carbons (Fsp3) is 0.0526. The third-order valence-electron chi connectivity index (χ3n) is 3.51. The summed E-state index contributed by atoms with van der Waals surface area (Å²) in [6.45, 7) is -0.105. The highest BCUT2D eigenvalue weighted by Crippen LogP contribution is 2.20. The molecule has 0 aliphatic rings. The van der Waals surface area contributed by atoms with Gasteiger partial charge in [-0.3, -0.25) is 14.5 Å². The number of nitrogens with zero attached hydrogens (tertiary/aromatic N) is 1. The highest BCUT2D eigenvalue weighted by molar-refractivity contribution is 7.12. The molecule has 1 heterocycles. The number of benzene rings is 2. The van der Waals surface area contributed by atoms with Gasteiger partial charge >= 0.3 is 0 Å². The first kappa shape index (κ1) is 16.1. The van der Waals surface area contributed by atoms with E-state index < -0.39 is 5.82 Å². The summed E-state index contributed by atoms with van der Waals surface area (Å²) in [4.78, 5) is 27.3. The van der Waals surface area contributed by atoms with Crippen LogP contribution in [0.15, 0.2) is 72.1 Å². The van der Waals surface area contributed by atoms with Crippen LogP contribution >= 0.6 is 11.3 Å². The number of anilines is 1. The van der Waals surface area contributed by atoms with Gasteiger partial charge in [-0.25, -0.2) is 4.39 Å². The normalized spacial score (nSPS) is 10.4. The van der Waals surface area contributed by atoms with Gasteiger partial charge in [0.2, 0.25) is 0 Å². The van der Waals surface area contributed by atoms with Crippen LogP contribution in [0.4, 0.5) is 10.1 Å². The van der Waals surface area contributed by atoms with Crippen LogP contribution in [0, 0.1) is 5.82 Å². The van der Waals surface area contributed by atoms with Gasteiger partial charge in [0.25, 0.3) is 5.91 Å². The number of para-hydroxylation sites is 1. The van der Waals surface area contributed by atoms with Crippen LogP contribution in [-0.2, 0) is 0 Å². The average molecular weight is 339 g/mol. The smallest absolute Gasteiger partial charge is 0.268 e. The van der Waals surface area contributed by atoms with E-state index >= 15 is 0 Å². The number of thiophene rings is 1. The third-order valence-corrected chi connectivity index (χ3v) is 4.37. The quantitative estimate of drug-likeness (QED) is 0.646. The molecule has 1 aromatic heterocycles. The molecule has 0 aliphatic carbocycles. The molecule has 3 nitrogen and oxygen atoms in total. The van der Waals surface area contributed by atoms with E-state index in [0.717, 1.165) is 0 Å². The van der Waals surface area contributed by atoms with Crippen LogP contribution in [0.2, 0.25) is 0 Å². The summed E-state index contributed by atoms with van der Waals surface area (Å²) in [6, 6.07) is 17.9. The molecule has 2 aromatic carbocycles. The molecule has 0 N–H and O–H groups in total. The highest BCUT2D eigenvalue weighted by atomic mass is 32.1. The molecule has 3 rings (SSSR count). The molecule has 24 heavy (non-hydrogen) atoms. The Hall–Kier alpha value is -2.79. The van der Waals surface area contributed by atoms with Crippen molar-refractivity contribution in [2.45, 2.75) is 0 Å². The van der Waals surface area contributed by atoms with Crippen LogP contribution < -0.4 is 4.90 Å². The summed E-state index contributed by atoms with van der Waals surface area (Å²) in [6.07, 6.45) is 0. The summed E-state index contributed by atoms with van der Waals surface area (Å²) >= 11 is 1.33. The maximum atomic E-state index is 13.0. The zero-order valence-electron chi connectivity index (χ0n) is 12.7. The lowest BCUT2D eigenvalue weighted by atomic mass is 10.1. The summed E-state index contributed by atoms with van der Waals surface area (Å²) in [5.41, 5.74) is 1.02. The fourth-order valence-electron chi connectivity index (χ4n) is 2.29. The van der Waals surface area contributed by atoms with Gasteiger partial charge in [-0.2, -0.15) is 0 Å². The molecular formula is C19H14FNO2S. The van der Waals surface area contributed by atoms with E-state index in [0.29, 0.717) is 16.1 Å². The van der Waals surface area contributed by atoms with Gasteiger partial charge in [-0.1, -0.05) is 24.3 Å². The second-order valence-electron chi connectivity index (χ2n) is 5.13. The predicted octanol–water partition coefficient (Wildman–Crippen LogP) is 4.42. The molecule has 0 aliphatic heterocycles. The molecule has 0 radical (unpaired) electrons. The maximum Gasteiger partial charge on any atom is 0.268 e. The van der Waals surface area contributed by atoms with E-state index in [1.54, 1.807) is 24.3 Å². The minimum atomic E-state index is -0.402. The summed E-state index contributed by atoms with van der Waals surface area (Å²) in [5, 5.41) is 1.82. The number of carbonyl (C=O) groups is 2. The van der Waals surface area contributed by atoms with Gasteiger partial charge < -0.3 is 0 Å². The summed E-state index contributed by atoms with van der Waals surface area (Å²) < 4.78 is 13.0. The molecule has 0 atom stereocenters. The van der Waals surface area contributed by atoms with Crippen molar-refractivity contribution >= 4 is 28.7 Å². The highest BCUT2D eigenvalue weighted by Gasteiger charge is 2.22. The first-order chi connectivity index (χ1) is 11.6. The fourth-order valence-corrected chi connectivity index (χ4v) is 2.96. The van der Waals surface area contributed by atoms with Gasteiger partial charge in [0.05, 0.1) is 11.4 Å². The molecule has 0 spiro atoms. The zero-order valence-corrected chi connectivity index (χ0v) is 13.5. The summed E-state index contributed by atoms with van der Waals surface area (Å²) in [7, 11) is 0. The van der Waals surface area contributed by atoms with Crippen molar-refractivity contribution in [1.29, 1.82) is 0 Å². The Morgan fingerprint density at radius 1 is 0.917 bits per heavy atom. The number of carbonyl (C=O) groups excluding carboxylic acids is 2. The molecule has 3 aromatic rings. The Morgan fingerprint density at radius 2 is 1.62 bits per heavy atom. The number of halogens is 1. The average Bonchev–Trinajstić information content (AvgIpc) is 3.15. The second kappa shape index (κ2) is 7.19. The number of hydrogen-bond donors (Lipinski definition) is 0. The lowest BCUT2D eigenvalue weighted by Gasteiger charge is -2.21. The van der Waals surface area contributed by atoms with Crippen molar-refractivity contribution in [3.8, 4) is 0 Å². The van der Waals surface area contributed by atoms with Crippen molar-refractivity contribution in [3.63, 3.8) is 0 Å². The van der Waals surface area contributed by atoms with Crippen LogP contribution in [0.1, 0.15) is 20.0 Å². The van der Waals surface area contributed by atoms with E-state index in [4.69, 9.17) is 0 Å². The molecule has 120 valence electrons. The SMILES string of the molecule is O=C(CN(C(=O)c1cccs1)c1ccccc1)c1ccc(F)cc1. The number of hydrogen-bond acceptors (Lipinski definition) is 3. The van der Waals surface area contributed by atoms with E-state index in [9.17, 15) is 14.0 Å². The monoisotopic (exact) mass is 339 g/mol. The molecule has 0 bridgehead atoms. The van der Waals surface area contributed by atoms with Gasteiger partial charge in [0.1, 0.15) is 5.82 Å². The number of Topliss-reactive ketones (excluding diaryl/α,β-unsaturated/α-hetero) is 1.